The lowest BCUT2D eigenvalue weighted by atomic mass is 9.87. The third kappa shape index (κ3) is 5.32. The highest BCUT2D eigenvalue weighted by molar-refractivity contribution is 5.90. The van der Waals surface area contributed by atoms with Gasteiger partial charge in [0.1, 0.15) is 6.54 Å². The molecule has 0 aliphatic carbocycles. The molecular formula is C28H33N5O3. The number of amides is 1. The Balaban J connectivity index is 1.72. The highest BCUT2D eigenvalue weighted by atomic mass is 16.2. The average Bonchev–Trinajstić information content (AvgIpc) is 3.23. The molecule has 0 fully saturated rings. The molecule has 2 aromatic carbocycles. The van der Waals surface area contributed by atoms with Gasteiger partial charge in [0, 0.05) is 12.2 Å². The number of rotatable bonds is 7. The molecule has 0 spiro atoms. The molecule has 8 nitrogen and oxygen atoms in total. The first kappa shape index (κ1) is 25.2. The second-order valence-corrected chi connectivity index (χ2v) is 10.6. The van der Waals surface area contributed by atoms with E-state index in [1.807, 2.05) is 68.4 Å². The number of nitrogens with zero attached hydrogens (tertiary/aromatic N) is 4. The predicted octanol–water partition coefficient (Wildman–Crippen LogP) is 4.00. The van der Waals surface area contributed by atoms with Gasteiger partial charge in [-0.2, -0.15) is 0 Å². The lowest BCUT2D eigenvalue weighted by molar-refractivity contribution is -0.116. The Labute approximate surface area is 210 Å². The van der Waals surface area contributed by atoms with Gasteiger partial charge in [-0.05, 0) is 34.6 Å². The Kier molecular flexibility index (Phi) is 6.97. The second kappa shape index (κ2) is 9.97. The molecule has 0 bridgehead atoms. The molecule has 4 aromatic rings. The van der Waals surface area contributed by atoms with Crippen LogP contribution in [0, 0.1) is 5.92 Å². The Morgan fingerprint density at radius 3 is 2.25 bits per heavy atom. The summed E-state index contributed by atoms with van der Waals surface area (Å²) in [6.45, 7) is 10.9. The Bertz CT molecular complexity index is 1490. The van der Waals surface area contributed by atoms with E-state index < -0.39 is 23.7 Å². The summed E-state index contributed by atoms with van der Waals surface area (Å²) in [5, 5.41) is 2.81. The van der Waals surface area contributed by atoms with Crippen LogP contribution >= 0.6 is 0 Å². The fraction of sp³-hybridized carbons (Fsp3) is 0.357. The molecular weight excluding hydrogens is 454 g/mol. The molecule has 0 saturated carbocycles. The SMILES string of the molecule is CC(C)Cn1cnc2c1c(=O)n(CC(=O)Nc1ccc(C(C)(C)C)cc1)c(=O)n2Cc1ccccc1. The quantitative estimate of drug-likeness (QED) is 0.427. The fourth-order valence-electron chi connectivity index (χ4n) is 4.22. The zero-order valence-electron chi connectivity index (χ0n) is 21.5. The maximum absolute atomic E-state index is 13.5. The smallest absolute Gasteiger partial charge is 0.325 e. The van der Waals surface area contributed by atoms with Crippen molar-refractivity contribution in [2.75, 3.05) is 5.32 Å². The van der Waals surface area contributed by atoms with Crippen LogP contribution in [0.3, 0.4) is 0 Å². The van der Waals surface area contributed by atoms with Gasteiger partial charge in [-0.25, -0.2) is 14.3 Å². The molecule has 0 saturated heterocycles. The van der Waals surface area contributed by atoms with Gasteiger partial charge in [0.25, 0.3) is 5.56 Å². The maximum atomic E-state index is 13.5. The van der Waals surface area contributed by atoms with E-state index in [-0.39, 0.29) is 17.9 Å². The highest BCUT2D eigenvalue weighted by Crippen LogP contribution is 2.23. The van der Waals surface area contributed by atoms with Gasteiger partial charge in [-0.3, -0.25) is 14.2 Å². The number of nitrogens with one attached hydrogen (secondary N) is 1. The molecule has 2 aromatic heterocycles. The van der Waals surface area contributed by atoms with Gasteiger partial charge in [0.2, 0.25) is 5.91 Å². The normalized spacial score (nSPS) is 11.8. The largest absolute Gasteiger partial charge is 0.333 e. The lowest BCUT2D eigenvalue weighted by Gasteiger charge is -2.19. The Morgan fingerprint density at radius 2 is 1.64 bits per heavy atom. The zero-order chi connectivity index (χ0) is 26.0. The van der Waals surface area contributed by atoms with E-state index in [0.717, 1.165) is 15.7 Å². The van der Waals surface area contributed by atoms with Crippen molar-refractivity contribution in [1.82, 2.24) is 18.7 Å². The van der Waals surface area contributed by atoms with Crippen LogP contribution < -0.4 is 16.6 Å². The van der Waals surface area contributed by atoms with Gasteiger partial charge in [-0.15, -0.1) is 0 Å². The molecule has 188 valence electrons. The summed E-state index contributed by atoms with van der Waals surface area (Å²) in [6, 6.07) is 17.1. The minimum Gasteiger partial charge on any atom is -0.325 e. The van der Waals surface area contributed by atoms with Crippen molar-refractivity contribution in [1.29, 1.82) is 0 Å². The maximum Gasteiger partial charge on any atom is 0.333 e. The number of aromatic nitrogens is 4. The number of carbonyl (C=O) groups is 1. The first-order valence-corrected chi connectivity index (χ1v) is 12.2. The van der Waals surface area contributed by atoms with E-state index in [9.17, 15) is 14.4 Å². The first-order chi connectivity index (χ1) is 17.0. The summed E-state index contributed by atoms with van der Waals surface area (Å²) in [4.78, 5) is 44.3. The van der Waals surface area contributed by atoms with Crippen molar-refractivity contribution in [3.8, 4) is 0 Å². The van der Waals surface area contributed by atoms with Gasteiger partial charge >= 0.3 is 5.69 Å². The molecule has 1 amide bonds. The lowest BCUT2D eigenvalue weighted by Crippen LogP contribution is -2.43. The van der Waals surface area contributed by atoms with E-state index >= 15 is 0 Å². The molecule has 8 heteroatoms. The molecule has 2 heterocycles. The van der Waals surface area contributed by atoms with Crippen molar-refractivity contribution >= 4 is 22.8 Å². The molecule has 4 rings (SSSR count). The number of hydrogen-bond acceptors (Lipinski definition) is 4. The van der Waals surface area contributed by atoms with Crippen LogP contribution in [-0.4, -0.2) is 24.6 Å². The third-order valence-electron chi connectivity index (χ3n) is 6.07. The number of hydrogen-bond donors (Lipinski definition) is 1. The van der Waals surface area contributed by atoms with E-state index in [1.54, 1.807) is 10.9 Å². The highest BCUT2D eigenvalue weighted by Gasteiger charge is 2.20. The van der Waals surface area contributed by atoms with Crippen molar-refractivity contribution in [2.45, 2.75) is 59.7 Å². The number of imidazole rings is 1. The molecule has 1 N–H and O–H groups in total. The minimum absolute atomic E-state index is 0.00592. The molecule has 36 heavy (non-hydrogen) atoms. The predicted molar refractivity (Wildman–Crippen MR) is 142 cm³/mol. The van der Waals surface area contributed by atoms with Crippen molar-refractivity contribution < 1.29 is 4.79 Å². The third-order valence-corrected chi connectivity index (χ3v) is 6.07. The Hall–Kier alpha value is -3.94. The molecule has 0 atom stereocenters. The zero-order valence-corrected chi connectivity index (χ0v) is 21.5. The van der Waals surface area contributed by atoms with Crippen molar-refractivity contribution in [2.24, 2.45) is 5.92 Å². The van der Waals surface area contributed by atoms with E-state index in [2.05, 4.69) is 31.1 Å². The number of fused-ring (bicyclic) bond motifs is 1. The van der Waals surface area contributed by atoms with Crippen LogP contribution in [0.5, 0.6) is 0 Å². The summed E-state index contributed by atoms with van der Waals surface area (Å²) in [5.74, 6) is -0.178. The second-order valence-electron chi connectivity index (χ2n) is 10.6. The van der Waals surface area contributed by atoms with Crippen LogP contribution in [0.15, 0.2) is 70.5 Å². The van der Waals surface area contributed by atoms with Crippen molar-refractivity contribution in [3.05, 3.63) is 92.9 Å². The Morgan fingerprint density at radius 1 is 0.972 bits per heavy atom. The van der Waals surface area contributed by atoms with Crippen LogP contribution in [0.4, 0.5) is 5.69 Å². The summed E-state index contributed by atoms with van der Waals surface area (Å²) in [5.41, 5.74) is 2.20. The molecule has 0 aliphatic rings. The molecule has 0 aliphatic heterocycles. The minimum atomic E-state index is -0.565. The van der Waals surface area contributed by atoms with Gasteiger partial charge in [0.15, 0.2) is 11.2 Å². The fourth-order valence-corrected chi connectivity index (χ4v) is 4.22. The van der Waals surface area contributed by atoms with Crippen LogP contribution in [0.2, 0.25) is 0 Å². The van der Waals surface area contributed by atoms with E-state index in [1.165, 1.54) is 4.57 Å². The summed E-state index contributed by atoms with van der Waals surface area (Å²) in [7, 11) is 0. The number of anilines is 1. The molecule has 0 unspecified atom stereocenters. The summed E-state index contributed by atoms with van der Waals surface area (Å²) >= 11 is 0. The van der Waals surface area contributed by atoms with E-state index in [0.29, 0.717) is 23.4 Å². The van der Waals surface area contributed by atoms with Crippen LogP contribution in [0.1, 0.15) is 45.7 Å². The summed E-state index contributed by atoms with van der Waals surface area (Å²) < 4.78 is 4.24. The molecule has 0 radical (unpaired) electrons. The number of benzene rings is 2. The van der Waals surface area contributed by atoms with E-state index in [4.69, 9.17) is 0 Å². The van der Waals surface area contributed by atoms with Gasteiger partial charge < -0.3 is 9.88 Å². The standard InChI is InChI=1S/C28H33N5O3/c1-19(2)15-31-18-29-25-24(31)26(35)33(27(36)32(25)16-20-9-7-6-8-10-20)17-23(34)30-22-13-11-21(12-14-22)28(3,4)5/h6-14,18-19H,15-17H2,1-5H3,(H,30,34). The van der Waals surface area contributed by atoms with Crippen LogP contribution in [-0.2, 0) is 29.8 Å². The topological polar surface area (TPSA) is 90.9 Å². The average molecular weight is 488 g/mol. The first-order valence-electron chi connectivity index (χ1n) is 12.2. The summed E-state index contributed by atoms with van der Waals surface area (Å²) in [6.07, 6.45) is 1.59. The monoisotopic (exact) mass is 487 g/mol. The van der Waals surface area contributed by atoms with Gasteiger partial charge in [0.05, 0.1) is 12.9 Å². The van der Waals surface area contributed by atoms with Crippen LogP contribution in [0.25, 0.3) is 11.2 Å². The van der Waals surface area contributed by atoms with Gasteiger partial charge in [-0.1, -0.05) is 77.1 Å². The number of carbonyl (C=O) groups excluding carboxylic acids is 1. The van der Waals surface area contributed by atoms with Crippen molar-refractivity contribution in [3.63, 3.8) is 0 Å².